The Bertz CT molecular complexity index is 1000. The zero-order chi connectivity index (χ0) is 19.8. The first-order chi connectivity index (χ1) is 14.2. The van der Waals surface area contributed by atoms with Crippen LogP contribution in [0.3, 0.4) is 0 Å². The molecule has 0 radical (unpaired) electrons. The highest BCUT2D eigenvalue weighted by Gasteiger charge is 2.27. The summed E-state index contributed by atoms with van der Waals surface area (Å²) in [6.45, 7) is 8.48. The topological polar surface area (TPSA) is 48.7 Å². The van der Waals surface area contributed by atoms with Crippen LogP contribution in [0.15, 0.2) is 41.4 Å². The first-order valence-corrected chi connectivity index (χ1v) is 11.3. The van der Waals surface area contributed by atoms with E-state index in [1.54, 1.807) is 6.20 Å². The van der Waals surface area contributed by atoms with Gasteiger partial charge in [0.25, 0.3) is 0 Å². The second-order valence-corrected chi connectivity index (χ2v) is 8.85. The number of fused-ring (bicyclic) bond motifs is 1. The van der Waals surface area contributed by atoms with E-state index in [0.717, 1.165) is 60.3 Å². The quantitative estimate of drug-likeness (QED) is 0.567. The predicted molar refractivity (Wildman–Crippen MR) is 121 cm³/mol. The number of aromatic nitrogens is 3. The molecule has 1 N–H and O–H groups in total. The van der Waals surface area contributed by atoms with Crippen LogP contribution in [0, 0.1) is 0 Å². The highest BCUT2D eigenvalue weighted by molar-refractivity contribution is 9.10. The summed E-state index contributed by atoms with van der Waals surface area (Å²) in [5, 5.41) is 3.46. The zero-order valence-electron chi connectivity index (χ0n) is 16.8. The highest BCUT2D eigenvalue weighted by atomic mass is 79.9. The minimum Gasteiger partial charge on any atom is -0.379 e. The van der Waals surface area contributed by atoms with Crippen molar-refractivity contribution in [3.05, 3.63) is 52.7 Å². The molecule has 1 saturated heterocycles. The summed E-state index contributed by atoms with van der Waals surface area (Å²) in [5.41, 5.74) is 5.92. The predicted octanol–water partition coefficient (Wildman–Crippen LogP) is 4.12. The third-order valence-corrected chi connectivity index (χ3v) is 6.45. The van der Waals surface area contributed by atoms with E-state index in [-0.39, 0.29) is 0 Å². The molecule has 1 aliphatic heterocycles. The normalized spacial score (nSPS) is 17.8. The van der Waals surface area contributed by atoms with E-state index in [1.165, 1.54) is 24.1 Å². The molecule has 3 aromatic rings. The van der Waals surface area contributed by atoms with Crippen LogP contribution in [0.25, 0.3) is 5.65 Å². The molecule has 1 saturated carbocycles. The van der Waals surface area contributed by atoms with Gasteiger partial charge in [-0.3, -0.25) is 0 Å². The maximum absolute atomic E-state index is 5.00. The van der Waals surface area contributed by atoms with Crippen molar-refractivity contribution in [1.82, 2.24) is 19.3 Å². The molecule has 0 spiro atoms. The first-order valence-electron chi connectivity index (χ1n) is 10.5. The van der Waals surface area contributed by atoms with Gasteiger partial charge in [0.1, 0.15) is 4.60 Å². The van der Waals surface area contributed by atoms with Crippen molar-refractivity contribution < 1.29 is 0 Å². The van der Waals surface area contributed by atoms with Gasteiger partial charge < -0.3 is 19.5 Å². The van der Waals surface area contributed by atoms with Crippen LogP contribution in [0.1, 0.15) is 36.9 Å². The number of nitrogens with zero attached hydrogens (tertiary/aromatic N) is 5. The number of anilines is 2. The number of halogens is 1. The Labute approximate surface area is 180 Å². The third kappa shape index (κ3) is 4.12. The molecular weight excluding hydrogens is 428 g/mol. The molecule has 4 heterocycles. The fourth-order valence-corrected chi connectivity index (χ4v) is 4.49. The standard InChI is InChI=1S/C22H27BrN6/c1-2-27-7-9-28(10-8-27)20-11-17(16-3-4-16)14-29-15-19(26-22(20)29)13-25-18-5-6-24-21(23)12-18/h5-6,11-12,14-16H,2-4,7-10,13H2,1H3,(H,24,25). The number of piperazine rings is 1. The van der Waals surface area contributed by atoms with Crippen molar-refractivity contribution >= 4 is 33.0 Å². The summed E-state index contributed by atoms with van der Waals surface area (Å²) in [6, 6.07) is 6.36. The first kappa shape index (κ1) is 18.9. The summed E-state index contributed by atoms with van der Waals surface area (Å²) in [4.78, 5) is 14.2. The van der Waals surface area contributed by atoms with Gasteiger partial charge in [-0.05, 0) is 65.0 Å². The fraction of sp³-hybridized carbons (Fsp3) is 0.455. The summed E-state index contributed by atoms with van der Waals surface area (Å²) in [7, 11) is 0. The average molecular weight is 455 g/mol. The molecule has 152 valence electrons. The molecule has 6 nitrogen and oxygen atoms in total. The molecule has 2 fully saturated rings. The van der Waals surface area contributed by atoms with Crippen molar-refractivity contribution in [2.45, 2.75) is 32.2 Å². The molecule has 7 heteroatoms. The van der Waals surface area contributed by atoms with Gasteiger partial charge in [-0.1, -0.05) is 6.92 Å². The molecule has 0 bridgehead atoms. The van der Waals surface area contributed by atoms with E-state index in [4.69, 9.17) is 4.98 Å². The van der Waals surface area contributed by atoms with E-state index in [0.29, 0.717) is 6.54 Å². The SMILES string of the molecule is CCN1CCN(c2cc(C3CC3)cn3cc(CNc4ccnc(Br)c4)nc23)CC1. The fourth-order valence-electron chi connectivity index (χ4n) is 4.12. The molecular formula is C22H27BrN6. The minimum absolute atomic E-state index is 0.694. The third-order valence-electron chi connectivity index (χ3n) is 6.01. The number of rotatable bonds is 6. The van der Waals surface area contributed by atoms with Crippen molar-refractivity contribution in [1.29, 1.82) is 0 Å². The van der Waals surface area contributed by atoms with Gasteiger partial charge in [0.2, 0.25) is 0 Å². The molecule has 0 aromatic carbocycles. The summed E-state index contributed by atoms with van der Waals surface area (Å²) in [5.74, 6) is 0.730. The Balaban J connectivity index is 1.42. The molecule has 0 atom stereocenters. The number of hydrogen-bond donors (Lipinski definition) is 1. The van der Waals surface area contributed by atoms with Gasteiger partial charge in [0.05, 0.1) is 17.9 Å². The number of imidazole rings is 1. The maximum Gasteiger partial charge on any atom is 0.160 e. The zero-order valence-corrected chi connectivity index (χ0v) is 18.4. The largest absolute Gasteiger partial charge is 0.379 e. The molecule has 5 rings (SSSR count). The van der Waals surface area contributed by atoms with E-state index >= 15 is 0 Å². The van der Waals surface area contributed by atoms with Crippen LogP contribution >= 0.6 is 15.9 Å². The molecule has 0 amide bonds. The van der Waals surface area contributed by atoms with Gasteiger partial charge in [0.15, 0.2) is 5.65 Å². The molecule has 29 heavy (non-hydrogen) atoms. The van der Waals surface area contributed by atoms with Crippen molar-refractivity contribution in [2.24, 2.45) is 0 Å². The molecule has 3 aromatic heterocycles. The maximum atomic E-state index is 5.00. The number of pyridine rings is 2. The van der Waals surface area contributed by atoms with Crippen LogP contribution in [0.4, 0.5) is 11.4 Å². The molecule has 1 aliphatic carbocycles. The summed E-state index contributed by atoms with van der Waals surface area (Å²) in [6.07, 6.45) is 8.89. The van der Waals surface area contributed by atoms with Gasteiger partial charge in [0, 0.05) is 50.5 Å². The summed E-state index contributed by atoms with van der Waals surface area (Å²) >= 11 is 3.43. The van der Waals surface area contributed by atoms with Gasteiger partial charge in [-0.25, -0.2) is 9.97 Å². The lowest BCUT2D eigenvalue weighted by Crippen LogP contribution is -2.46. The number of hydrogen-bond acceptors (Lipinski definition) is 5. The number of nitrogens with one attached hydrogen (secondary N) is 1. The monoisotopic (exact) mass is 454 g/mol. The lowest BCUT2D eigenvalue weighted by Gasteiger charge is -2.35. The van der Waals surface area contributed by atoms with Crippen molar-refractivity contribution in [2.75, 3.05) is 42.9 Å². The number of likely N-dealkylation sites (N-methyl/N-ethyl adjacent to an activating group) is 1. The van der Waals surface area contributed by atoms with E-state index in [2.05, 4.69) is 65.8 Å². The van der Waals surface area contributed by atoms with Crippen molar-refractivity contribution in [3.8, 4) is 0 Å². The average Bonchev–Trinajstić information content (AvgIpc) is 3.51. The minimum atomic E-state index is 0.694. The van der Waals surface area contributed by atoms with Crippen molar-refractivity contribution in [3.63, 3.8) is 0 Å². The summed E-state index contributed by atoms with van der Waals surface area (Å²) < 4.78 is 3.08. The van der Waals surface area contributed by atoms with Gasteiger partial charge >= 0.3 is 0 Å². The smallest absolute Gasteiger partial charge is 0.160 e. The Kier molecular flexibility index (Phi) is 5.18. The Morgan fingerprint density at radius 3 is 2.69 bits per heavy atom. The van der Waals surface area contributed by atoms with Gasteiger partial charge in [-0.2, -0.15) is 0 Å². The van der Waals surface area contributed by atoms with Crippen LogP contribution < -0.4 is 10.2 Å². The van der Waals surface area contributed by atoms with E-state index in [9.17, 15) is 0 Å². The van der Waals surface area contributed by atoms with E-state index < -0.39 is 0 Å². The molecule has 2 aliphatic rings. The second-order valence-electron chi connectivity index (χ2n) is 8.04. The Morgan fingerprint density at radius 2 is 1.97 bits per heavy atom. The van der Waals surface area contributed by atoms with Crippen LogP contribution in [-0.2, 0) is 6.54 Å². The highest BCUT2D eigenvalue weighted by Crippen LogP contribution is 2.42. The Morgan fingerprint density at radius 1 is 1.14 bits per heavy atom. The molecule has 0 unspecified atom stereocenters. The van der Waals surface area contributed by atoms with Crippen LogP contribution in [0.2, 0.25) is 0 Å². The second kappa shape index (κ2) is 7.95. The van der Waals surface area contributed by atoms with Crippen LogP contribution in [-0.4, -0.2) is 52.0 Å². The van der Waals surface area contributed by atoms with E-state index in [1.807, 2.05) is 12.1 Å². The lowest BCUT2D eigenvalue weighted by atomic mass is 10.1. The lowest BCUT2D eigenvalue weighted by molar-refractivity contribution is 0.271. The van der Waals surface area contributed by atoms with Crippen LogP contribution in [0.5, 0.6) is 0 Å². The Hall–Kier alpha value is -2.12. The van der Waals surface area contributed by atoms with Gasteiger partial charge in [-0.15, -0.1) is 0 Å².